The zero-order chi connectivity index (χ0) is 25.1. The smallest absolute Gasteiger partial charge is 0.310 e. The summed E-state index contributed by atoms with van der Waals surface area (Å²) in [4.78, 5) is 25.7. The minimum atomic E-state index is -0.694. The van der Waals surface area contributed by atoms with Crippen LogP contribution in [0.1, 0.15) is 99.8 Å². The first-order valence-corrected chi connectivity index (χ1v) is 13.8. The van der Waals surface area contributed by atoms with E-state index in [2.05, 4.69) is 54.5 Å². The number of carbonyl (C=O) groups is 2. The van der Waals surface area contributed by atoms with Crippen LogP contribution in [-0.4, -0.2) is 28.1 Å². The molecular formula is C30H46O4. The molecule has 4 nitrogen and oxygen atoms in total. The van der Waals surface area contributed by atoms with E-state index in [9.17, 15) is 19.8 Å². The highest BCUT2D eigenvalue weighted by Crippen LogP contribution is 2.75. The molecule has 2 N–H and O–H groups in total. The maximum Gasteiger partial charge on any atom is 0.310 e. The molecule has 5 aliphatic rings. The number of carboxylic acid groups (broad SMARTS) is 1. The zero-order valence-corrected chi connectivity index (χ0v) is 22.4. The van der Waals surface area contributed by atoms with E-state index >= 15 is 0 Å². The zero-order valence-electron chi connectivity index (χ0n) is 22.4. The van der Waals surface area contributed by atoms with Crippen molar-refractivity contribution in [1.82, 2.24) is 0 Å². The number of hydrogen-bond acceptors (Lipinski definition) is 3. The van der Waals surface area contributed by atoms with Gasteiger partial charge in [0.05, 0.1) is 11.5 Å². The van der Waals surface area contributed by atoms with Crippen LogP contribution < -0.4 is 0 Å². The van der Waals surface area contributed by atoms with Gasteiger partial charge in [-0.2, -0.15) is 0 Å². The third-order valence-electron chi connectivity index (χ3n) is 13.1. The van der Waals surface area contributed by atoms with Gasteiger partial charge in [0.15, 0.2) is 0 Å². The van der Waals surface area contributed by atoms with Crippen molar-refractivity contribution in [1.29, 1.82) is 0 Å². The highest BCUT2D eigenvalue weighted by atomic mass is 16.4. The number of carbonyl (C=O) groups excluding carboxylic acids is 1. The number of aliphatic hydroxyl groups excluding tert-OH is 1. The van der Waals surface area contributed by atoms with E-state index in [1.165, 1.54) is 5.57 Å². The maximum absolute atomic E-state index is 12.9. The summed E-state index contributed by atoms with van der Waals surface area (Å²) in [6.45, 7) is 16.0. The summed E-state index contributed by atoms with van der Waals surface area (Å²) < 4.78 is 0. The lowest BCUT2D eigenvalue weighted by Crippen LogP contribution is -2.67. The number of carboxylic acids is 1. The molecule has 190 valence electrons. The molecule has 0 heterocycles. The number of ketones is 1. The SMILES string of the molecule is C[C@H]1[C@H](C)CC[C@]2(C(=O)O)CC[C@]3(C)C(=CC(O)[C@@H]4[C@@]5(C)CCC(=O)C(C)(C)C5CC[C@]43C)[C@H]12. The number of rotatable bonds is 1. The van der Waals surface area contributed by atoms with E-state index in [1.54, 1.807) is 0 Å². The van der Waals surface area contributed by atoms with Gasteiger partial charge in [0, 0.05) is 17.8 Å². The molecule has 0 radical (unpaired) electrons. The van der Waals surface area contributed by atoms with Gasteiger partial charge in [-0.1, -0.05) is 60.1 Å². The number of allylic oxidation sites excluding steroid dienone is 1. The predicted octanol–water partition coefficient (Wildman–Crippen LogP) is 6.27. The molecule has 10 atom stereocenters. The first-order chi connectivity index (χ1) is 15.7. The van der Waals surface area contributed by atoms with E-state index in [4.69, 9.17) is 0 Å². The monoisotopic (exact) mass is 470 g/mol. The molecule has 0 aromatic carbocycles. The fourth-order valence-electron chi connectivity index (χ4n) is 10.8. The standard InChI is InChI=1S/C30H46O4/c1-17-8-13-30(25(33)34)15-14-28(6)19(23(30)18(17)2)16-20(31)24-27(5)11-10-22(32)26(3,4)21(27)9-12-29(24,28)7/h16-18,20-21,23-24,31H,8-15H2,1-7H3,(H,33,34)/t17-,18+,20?,21?,23+,24-,27+,28-,29-,30+/m1/s1. The van der Waals surface area contributed by atoms with Gasteiger partial charge in [0.1, 0.15) is 5.78 Å². The van der Waals surface area contributed by atoms with E-state index in [0.29, 0.717) is 24.0 Å². The molecule has 4 heteroatoms. The van der Waals surface area contributed by atoms with Crippen LogP contribution in [0.5, 0.6) is 0 Å². The predicted molar refractivity (Wildman–Crippen MR) is 133 cm³/mol. The summed E-state index contributed by atoms with van der Waals surface area (Å²) in [5.41, 5.74) is -0.117. The van der Waals surface area contributed by atoms with Crippen molar-refractivity contribution in [3.8, 4) is 0 Å². The lowest BCUT2D eigenvalue weighted by Gasteiger charge is -2.71. The first kappa shape index (κ1) is 24.5. The second-order valence-electron chi connectivity index (χ2n) is 14.4. The summed E-state index contributed by atoms with van der Waals surface area (Å²) >= 11 is 0. The van der Waals surface area contributed by atoms with Crippen molar-refractivity contribution >= 4 is 11.8 Å². The second-order valence-corrected chi connectivity index (χ2v) is 14.4. The van der Waals surface area contributed by atoms with Crippen LogP contribution in [0.4, 0.5) is 0 Å². The van der Waals surface area contributed by atoms with Crippen LogP contribution in [-0.2, 0) is 9.59 Å². The van der Waals surface area contributed by atoms with Crippen LogP contribution >= 0.6 is 0 Å². The number of hydrogen-bond donors (Lipinski definition) is 2. The summed E-state index contributed by atoms with van der Waals surface area (Å²) in [6.07, 6.45) is 8.36. The van der Waals surface area contributed by atoms with Gasteiger partial charge in [-0.15, -0.1) is 0 Å². The molecule has 2 unspecified atom stereocenters. The molecular weight excluding hydrogens is 424 g/mol. The Labute approximate surface area is 206 Å². The van der Waals surface area contributed by atoms with Crippen molar-refractivity contribution in [2.45, 2.75) is 106 Å². The van der Waals surface area contributed by atoms with Gasteiger partial charge >= 0.3 is 5.97 Å². The van der Waals surface area contributed by atoms with Crippen molar-refractivity contribution in [3.63, 3.8) is 0 Å². The first-order valence-electron chi connectivity index (χ1n) is 13.8. The van der Waals surface area contributed by atoms with Gasteiger partial charge in [0.2, 0.25) is 0 Å². The van der Waals surface area contributed by atoms with Gasteiger partial charge in [-0.05, 0) is 84.9 Å². The van der Waals surface area contributed by atoms with Crippen molar-refractivity contribution in [2.24, 2.45) is 56.7 Å². The summed E-state index contributed by atoms with van der Waals surface area (Å²) in [5, 5.41) is 22.4. The normalized spacial score (nSPS) is 54.1. The molecule has 4 saturated carbocycles. The Bertz CT molecular complexity index is 949. The quantitative estimate of drug-likeness (QED) is 0.443. The molecule has 34 heavy (non-hydrogen) atoms. The minimum Gasteiger partial charge on any atom is -0.481 e. The van der Waals surface area contributed by atoms with Gasteiger partial charge < -0.3 is 10.2 Å². The van der Waals surface area contributed by atoms with E-state index in [1.807, 2.05) is 0 Å². The highest BCUT2D eigenvalue weighted by molar-refractivity contribution is 5.85. The molecule has 0 bridgehead atoms. The van der Waals surface area contributed by atoms with Gasteiger partial charge in [0.25, 0.3) is 0 Å². The average molecular weight is 471 g/mol. The lowest BCUT2D eigenvalue weighted by atomic mass is 9.33. The summed E-state index contributed by atoms with van der Waals surface area (Å²) in [7, 11) is 0. The lowest BCUT2D eigenvalue weighted by molar-refractivity contribution is -0.209. The second kappa shape index (κ2) is 7.20. The van der Waals surface area contributed by atoms with Crippen LogP contribution in [0.15, 0.2) is 11.6 Å². The molecule has 0 amide bonds. The van der Waals surface area contributed by atoms with Crippen LogP contribution in [0, 0.1) is 56.7 Å². The topological polar surface area (TPSA) is 74.6 Å². The summed E-state index contributed by atoms with van der Waals surface area (Å²) in [6, 6.07) is 0. The Balaban J connectivity index is 1.66. The van der Waals surface area contributed by atoms with Crippen molar-refractivity contribution in [2.75, 3.05) is 0 Å². The molecule has 0 aromatic rings. The average Bonchev–Trinajstić information content (AvgIpc) is 2.74. The van der Waals surface area contributed by atoms with Gasteiger partial charge in [-0.3, -0.25) is 9.59 Å². The highest BCUT2D eigenvalue weighted by Gasteiger charge is 2.71. The van der Waals surface area contributed by atoms with Crippen LogP contribution in [0.2, 0.25) is 0 Å². The van der Waals surface area contributed by atoms with E-state index in [-0.39, 0.29) is 39.4 Å². The Morgan fingerprint density at radius 1 is 0.971 bits per heavy atom. The molecule has 4 fully saturated rings. The fourth-order valence-corrected chi connectivity index (χ4v) is 10.8. The molecule has 5 aliphatic carbocycles. The number of aliphatic hydroxyl groups is 1. The largest absolute Gasteiger partial charge is 0.481 e. The molecule has 0 aromatic heterocycles. The van der Waals surface area contributed by atoms with Crippen molar-refractivity contribution < 1.29 is 19.8 Å². The molecule has 5 rings (SSSR count). The summed E-state index contributed by atoms with van der Waals surface area (Å²) in [5.74, 6) is 0.888. The van der Waals surface area contributed by atoms with Crippen LogP contribution in [0.3, 0.4) is 0 Å². The Kier molecular flexibility index (Phi) is 5.20. The Morgan fingerprint density at radius 3 is 2.29 bits per heavy atom. The fraction of sp³-hybridized carbons (Fsp3) is 0.867. The third-order valence-corrected chi connectivity index (χ3v) is 13.1. The van der Waals surface area contributed by atoms with Gasteiger partial charge in [-0.25, -0.2) is 0 Å². The number of Topliss-reactive ketones (excluding diaryl/α,β-unsaturated/α-hetero) is 1. The van der Waals surface area contributed by atoms with E-state index < -0.39 is 17.5 Å². The third kappa shape index (κ3) is 2.70. The minimum absolute atomic E-state index is 0.00479. The molecule has 0 spiro atoms. The number of fused-ring (bicyclic) bond motifs is 7. The van der Waals surface area contributed by atoms with E-state index in [0.717, 1.165) is 44.9 Å². The van der Waals surface area contributed by atoms with Crippen LogP contribution in [0.25, 0.3) is 0 Å². The Hall–Kier alpha value is -1.16. The van der Waals surface area contributed by atoms with Crippen molar-refractivity contribution in [3.05, 3.63) is 11.6 Å². The molecule has 0 saturated heterocycles. The Morgan fingerprint density at radius 2 is 1.65 bits per heavy atom. The maximum atomic E-state index is 12.9. The molecule has 0 aliphatic heterocycles. The number of aliphatic carboxylic acids is 1.